The van der Waals surface area contributed by atoms with Crippen molar-refractivity contribution in [1.29, 1.82) is 10.5 Å². The van der Waals surface area contributed by atoms with Gasteiger partial charge in [0.1, 0.15) is 6.10 Å². The molecule has 0 saturated carbocycles. The Morgan fingerprint density at radius 1 is 1.29 bits per heavy atom. The van der Waals surface area contributed by atoms with Crippen LogP contribution in [0.15, 0.2) is 0 Å². The smallest absolute Gasteiger partial charge is 0.193 e. The van der Waals surface area contributed by atoms with Gasteiger partial charge in [-0.3, -0.25) is 0 Å². The standard InChI is InChI=1S/C9H19NOSi.C3H5NO/c1-8(7-10)11-12(5,6)9(2,3)4;4-2-1-3-5/h8H,1-6H3;5H,1,3H2. The summed E-state index contributed by atoms with van der Waals surface area (Å²) in [4.78, 5) is 0. The fourth-order valence-electron chi connectivity index (χ4n) is 0.695. The molecule has 0 aliphatic carbocycles. The highest BCUT2D eigenvalue weighted by Gasteiger charge is 2.38. The third-order valence-electron chi connectivity index (χ3n) is 2.68. The van der Waals surface area contributed by atoms with Crippen molar-refractivity contribution in [2.24, 2.45) is 0 Å². The lowest BCUT2D eigenvalue weighted by Crippen LogP contribution is -2.42. The van der Waals surface area contributed by atoms with Crippen LogP contribution in [-0.2, 0) is 4.43 Å². The van der Waals surface area contributed by atoms with Crippen LogP contribution in [0, 0.1) is 22.7 Å². The molecule has 1 N–H and O–H groups in total. The number of nitriles is 2. The van der Waals surface area contributed by atoms with Crippen molar-refractivity contribution in [2.45, 2.75) is 58.4 Å². The van der Waals surface area contributed by atoms with Crippen molar-refractivity contribution in [2.75, 3.05) is 6.61 Å². The van der Waals surface area contributed by atoms with Crippen LogP contribution >= 0.6 is 0 Å². The maximum Gasteiger partial charge on any atom is 0.193 e. The van der Waals surface area contributed by atoms with Crippen molar-refractivity contribution in [3.05, 3.63) is 0 Å². The molecule has 0 amide bonds. The Kier molecular flexibility index (Phi) is 8.96. The second-order valence-corrected chi connectivity index (χ2v) is 10.0. The fraction of sp³-hybridized carbons (Fsp3) is 0.833. The fourth-order valence-corrected chi connectivity index (χ4v) is 1.99. The summed E-state index contributed by atoms with van der Waals surface area (Å²) in [5, 5.41) is 24.3. The predicted octanol–water partition coefficient (Wildman–Crippen LogP) is 2.81. The van der Waals surface area contributed by atoms with E-state index >= 15 is 0 Å². The quantitative estimate of drug-likeness (QED) is 0.788. The molecule has 0 fully saturated rings. The number of rotatable bonds is 3. The average molecular weight is 256 g/mol. The number of hydrogen-bond acceptors (Lipinski definition) is 4. The lowest BCUT2D eigenvalue weighted by atomic mass is 10.2. The molecule has 98 valence electrons. The minimum atomic E-state index is -1.71. The molecule has 0 aromatic rings. The molecule has 17 heavy (non-hydrogen) atoms. The summed E-state index contributed by atoms with van der Waals surface area (Å²) >= 11 is 0. The molecule has 0 aromatic carbocycles. The Morgan fingerprint density at radius 2 is 1.76 bits per heavy atom. The van der Waals surface area contributed by atoms with Gasteiger partial charge in [0.15, 0.2) is 8.32 Å². The summed E-state index contributed by atoms with van der Waals surface area (Å²) in [6.45, 7) is 12.6. The van der Waals surface area contributed by atoms with E-state index in [4.69, 9.17) is 20.1 Å². The molecular formula is C12H24N2O2Si. The molecule has 1 atom stereocenters. The Labute approximate surface area is 106 Å². The summed E-state index contributed by atoms with van der Waals surface area (Å²) < 4.78 is 5.73. The molecule has 0 rings (SSSR count). The van der Waals surface area contributed by atoms with Crippen LogP contribution in [0.25, 0.3) is 0 Å². The van der Waals surface area contributed by atoms with E-state index in [9.17, 15) is 0 Å². The highest BCUT2D eigenvalue weighted by atomic mass is 28.4. The Hall–Kier alpha value is -0.883. The van der Waals surface area contributed by atoms with Gasteiger partial charge in [-0.25, -0.2) is 0 Å². The largest absolute Gasteiger partial charge is 0.401 e. The van der Waals surface area contributed by atoms with Crippen LogP contribution in [-0.4, -0.2) is 26.1 Å². The van der Waals surface area contributed by atoms with Gasteiger partial charge in [0.05, 0.1) is 25.2 Å². The summed E-state index contributed by atoms with van der Waals surface area (Å²) in [7, 11) is -1.71. The molecule has 0 aliphatic heterocycles. The lowest BCUT2D eigenvalue weighted by molar-refractivity contribution is 0.249. The molecule has 0 bridgehead atoms. The first-order chi connectivity index (χ1) is 7.62. The van der Waals surface area contributed by atoms with Crippen molar-refractivity contribution >= 4 is 8.32 Å². The van der Waals surface area contributed by atoms with E-state index in [1.807, 2.05) is 0 Å². The predicted molar refractivity (Wildman–Crippen MR) is 70.7 cm³/mol. The zero-order valence-corrected chi connectivity index (χ0v) is 12.7. The van der Waals surface area contributed by atoms with Crippen LogP contribution in [0.5, 0.6) is 0 Å². The van der Waals surface area contributed by atoms with Crippen molar-refractivity contribution in [1.82, 2.24) is 0 Å². The van der Waals surface area contributed by atoms with Crippen molar-refractivity contribution in [3.63, 3.8) is 0 Å². The van der Waals surface area contributed by atoms with E-state index in [0.717, 1.165) is 0 Å². The zero-order chi connectivity index (χ0) is 14.1. The summed E-state index contributed by atoms with van der Waals surface area (Å²) in [5.74, 6) is 0. The number of nitrogens with zero attached hydrogens (tertiary/aromatic N) is 2. The van der Waals surface area contributed by atoms with Gasteiger partial charge in [-0.1, -0.05) is 20.8 Å². The van der Waals surface area contributed by atoms with Gasteiger partial charge in [0.2, 0.25) is 0 Å². The van der Waals surface area contributed by atoms with E-state index in [0.29, 0.717) is 0 Å². The van der Waals surface area contributed by atoms with Gasteiger partial charge >= 0.3 is 0 Å². The van der Waals surface area contributed by atoms with E-state index < -0.39 is 8.32 Å². The molecule has 1 unspecified atom stereocenters. The molecule has 0 aliphatic rings. The van der Waals surface area contributed by atoms with Gasteiger partial charge in [-0.15, -0.1) is 0 Å². The van der Waals surface area contributed by atoms with Crippen LogP contribution < -0.4 is 0 Å². The van der Waals surface area contributed by atoms with Crippen LogP contribution in [0.2, 0.25) is 18.1 Å². The Bertz CT molecular complexity index is 284. The van der Waals surface area contributed by atoms with Gasteiger partial charge in [0.25, 0.3) is 0 Å². The lowest BCUT2D eigenvalue weighted by Gasteiger charge is -2.36. The van der Waals surface area contributed by atoms with E-state index in [1.54, 1.807) is 13.0 Å². The number of aliphatic hydroxyl groups is 1. The Morgan fingerprint density at radius 3 is 1.94 bits per heavy atom. The topological polar surface area (TPSA) is 77.0 Å². The van der Waals surface area contributed by atoms with Crippen LogP contribution in [0.4, 0.5) is 0 Å². The highest BCUT2D eigenvalue weighted by molar-refractivity contribution is 6.74. The normalized spacial score (nSPS) is 12.8. The Balaban J connectivity index is 0. The average Bonchev–Trinajstić information content (AvgIpc) is 2.17. The molecule has 5 heteroatoms. The molecule has 0 aromatic heterocycles. The van der Waals surface area contributed by atoms with Crippen LogP contribution in [0.1, 0.15) is 34.1 Å². The summed E-state index contributed by atoms with van der Waals surface area (Å²) in [6.07, 6.45) is -0.0223. The van der Waals surface area contributed by atoms with Gasteiger partial charge < -0.3 is 9.53 Å². The minimum Gasteiger partial charge on any atom is -0.401 e. The summed E-state index contributed by atoms with van der Waals surface area (Å²) in [5.41, 5.74) is 0. The summed E-state index contributed by atoms with van der Waals surface area (Å²) in [6, 6.07) is 3.87. The number of hydrogen-bond donors (Lipinski definition) is 1. The van der Waals surface area contributed by atoms with Gasteiger partial charge in [0, 0.05) is 0 Å². The second-order valence-electron chi connectivity index (χ2n) is 5.28. The van der Waals surface area contributed by atoms with E-state index in [2.05, 4.69) is 39.9 Å². The van der Waals surface area contributed by atoms with E-state index in [1.165, 1.54) is 0 Å². The second kappa shape index (κ2) is 8.24. The van der Waals surface area contributed by atoms with Crippen molar-refractivity contribution < 1.29 is 9.53 Å². The molecular weight excluding hydrogens is 232 g/mol. The number of aliphatic hydroxyl groups excluding tert-OH is 1. The molecule has 4 nitrogen and oxygen atoms in total. The third-order valence-corrected chi connectivity index (χ3v) is 7.24. The molecule has 0 saturated heterocycles. The first-order valence-electron chi connectivity index (χ1n) is 5.67. The van der Waals surface area contributed by atoms with Gasteiger partial charge in [-0.05, 0) is 25.1 Å². The molecule has 0 radical (unpaired) electrons. The first-order valence-corrected chi connectivity index (χ1v) is 8.58. The SMILES string of the molecule is CC(C#N)O[Si](C)(C)C(C)(C)C.N#CCCO. The molecule has 0 spiro atoms. The van der Waals surface area contributed by atoms with Crippen LogP contribution in [0.3, 0.4) is 0 Å². The maximum atomic E-state index is 8.61. The monoisotopic (exact) mass is 256 g/mol. The van der Waals surface area contributed by atoms with E-state index in [-0.39, 0.29) is 24.2 Å². The van der Waals surface area contributed by atoms with Gasteiger partial charge in [-0.2, -0.15) is 10.5 Å². The first kappa shape index (κ1) is 18.5. The highest BCUT2D eigenvalue weighted by Crippen LogP contribution is 2.37. The third kappa shape index (κ3) is 8.88. The maximum absolute atomic E-state index is 8.61. The minimum absolute atomic E-state index is 0.0174. The molecule has 0 heterocycles. The van der Waals surface area contributed by atoms with Crippen molar-refractivity contribution in [3.8, 4) is 12.1 Å². The zero-order valence-electron chi connectivity index (χ0n) is 11.7.